The second-order valence-corrected chi connectivity index (χ2v) is 11.5. The van der Waals surface area contributed by atoms with E-state index in [1.54, 1.807) is 11.8 Å². The fourth-order valence-electron chi connectivity index (χ4n) is 5.14. The maximum absolute atomic E-state index is 14.7. The number of nitrogens with one attached hydrogen (secondary N) is 2. The number of halogens is 1. The number of rotatable bonds is 5. The predicted octanol–water partition coefficient (Wildman–Crippen LogP) is 4.87. The molecule has 2 aliphatic rings. The van der Waals surface area contributed by atoms with Gasteiger partial charge in [-0.1, -0.05) is 12.1 Å². The number of anilines is 4. The van der Waals surface area contributed by atoms with Gasteiger partial charge in [-0.2, -0.15) is 22.0 Å². The number of para-hydroxylation sites is 2. The third-order valence-corrected chi connectivity index (χ3v) is 8.15. The van der Waals surface area contributed by atoms with Gasteiger partial charge in [-0.05, 0) is 59.7 Å². The van der Waals surface area contributed by atoms with Crippen LogP contribution in [-0.4, -0.2) is 63.1 Å². The van der Waals surface area contributed by atoms with E-state index in [4.69, 9.17) is 0 Å². The van der Waals surface area contributed by atoms with E-state index >= 15 is 0 Å². The first-order chi connectivity index (χ1) is 16.1. The van der Waals surface area contributed by atoms with E-state index in [1.807, 2.05) is 24.3 Å². The van der Waals surface area contributed by atoms with Gasteiger partial charge in [0.2, 0.25) is 5.95 Å². The largest absolute Gasteiger partial charge is 0.365 e. The third kappa shape index (κ3) is 5.08. The summed E-state index contributed by atoms with van der Waals surface area (Å²) in [4.78, 5) is 13.2. The van der Waals surface area contributed by atoms with Crippen molar-refractivity contribution in [3.8, 4) is 6.07 Å². The Kier molecular flexibility index (Phi) is 6.92. The summed E-state index contributed by atoms with van der Waals surface area (Å²) in [7, 11) is 2.15. The molecule has 1 atom stereocenters. The molecule has 0 spiro atoms. The van der Waals surface area contributed by atoms with Crippen molar-refractivity contribution in [1.82, 2.24) is 14.9 Å². The zero-order valence-corrected chi connectivity index (χ0v) is 21.4. The Bertz CT molecular complexity index is 1050. The van der Waals surface area contributed by atoms with Crippen LogP contribution in [-0.2, 0) is 0 Å². The molecule has 0 aliphatic carbocycles. The van der Waals surface area contributed by atoms with Gasteiger partial charge in [0, 0.05) is 35.2 Å². The molecular formula is C25H34FN7S. The van der Waals surface area contributed by atoms with E-state index in [1.165, 1.54) is 6.20 Å². The molecule has 2 N–H and O–H groups in total. The standard InChI is InChI=1S/C25H34FN7S/c1-24(2)12-17(13-25(3,4)32(24)5)29-22-19(26)15-28-23(31-22)30-20-8-6-7-9-21(20)33-10-11-34-16-18(33)14-27/h6-9,15,17-18H,10-13,16H2,1-5H3,(H2,28,29,30,31). The van der Waals surface area contributed by atoms with E-state index < -0.39 is 5.82 Å². The normalized spacial score (nSPS) is 22.7. The second kappa shape index (κ2) is 9.59. The molecule has 9 heteroatoms. The minimum Gasteiger partial charge on any atom is -0.365 e. The summed E-state index contributed by atoms with van der Waals surface area (Å²) >= 11 is 1.79. The van der Waals surface area contributed by atoms with E-state index in [2.05, 4.69) is 71.2 Å². The number of thioether (sulfide) groups is 1. The molecule has 2 aliphatic heterocycles. The summed E-state index contributed by atoms with van der Waals surface area (Å²) in [5.41, 5.74) is 1.68. The Labute approximate surface area is 206 Å². The highest BCUT2D eigenvalue weighted by molar-refractivity contribution is 7.99. The monoisotopic (exact) mass is 483 g/mol. The lowest BCUT2D eigenvalue weighted by Crippen LogP contribution is -2.61. The lowest BCUT2D eigenvalue weighted by Gasteiger charge is -2.53. The Morgan fingerprint density at radius 2 is 1.88 bits per heavy atom. The van der Waals surface area contributed by atoms with Crippen LogP contribution < -0.4 is 15.5 Å². The molecule has 2 aromatic rings. The smallest absolute Gasteiger partial charge is 0.229 e. The zero-order valence-electron chi connectivity index (χ0n) is 20.6. The van der Waals surface area contributed by atoms with Gasteiger partial charge in [-0.25, -0.2) is 9.37 Å². The van der Waals surface area contributed by atoms with Crippen LogP contribution in [0.25, 0.3) is 0 Å². The van der Waals surface area contributed by atoms with Gasteiger partial charge < -0.3 is 15.5 Å². The molecule has 3 heterocycles. The first-order valence-corrected chi connectivity index (χ1v) is 12.9. The molecule has 1 aromatic heterocycles. The van der Waals surface area contributed by atoms with Crippen molar-refractivity contribution in [3.63, 3.8) is 0 Å². The molecule has 7 nitrogen and oxygen atoms in total. The van der Waals surface area contributed by atoms with Crippen molar-refractivity contribution >= 4 is 34.9 Å². The highest BCUT2D eigenvalue weighted by Crippen LogP contribution is 2.38. The first kappa shape index (κ1) is 24.6. The molecule has 0 bridgehead atoms. The fraction of sp³-hybridized carbons (Fsp3) is 0.560. The molecule has 4 rings (SSSR count). The van der Waals surface area contributed by atoms with Gasteiger partial charge in [0.1, 0.15) is 6.04 Å². The lowest BCUT2D eigenvalue weighted by atomic mass is 9.77. The summed E-state index contributed by atoms with van der Waals surface area (Å²) in [6.07, 6.45) is 2.97. The minimum atomic E-state index is -0.467. The molecule has 182 valence electrons. The summed E-state index contributed by atoms with van der Waals surface area (Å²) in [5.74, 6) is 1.81. The lowest BCUT2D eigenvalue weighted by molar-refractivity contribution is -0.00778. The van der Waals surface area contributed by atoms with Gasteiger partial charge >= 0.3 is 0 Å². The zero-order chi connectivity index (χ0) is 24.5. The average Bonchev–Trinajstić information content (AvgIpc) is 2.79. The van der Waals surface area contributed by atoms with Gasteiger partial charge in [-0.15, -0.1) is 0 Å². The number of hydrogen-bond donors (Lipinski definition) is 2. The summed E-state index contributed by atoms with van der Waals surface area (Å²) in [5, 5.41) is 16.2. The van der Waals surface area contributed by atoms with Crippen molar-refractivity contribution < 1.29 is 4.39 Å². The van der Waals surface area contributed by atoms with Gasteiger partial charge in [-0.3, -0.25) is 4.90 Å². The van der Waals surface area contributed by atoms with Crippen LogP contribution in [0.5, 0.6) is 0 Å². The van der Waals surface area contributed by atoms with Crippen molar-refractivity contribution in [2.24, 2.45) is 0 Å². The van der Waals surface area contributed by atoms with Crippen LogP contribution >= 0.6 is 11.8 Å². The van der Waals surface area contributed by atoms with Crippen LogP contribution in [0.1, 0.15) is 40.5 Å². The first-order valence-electron chi connectivity index (χ1n) is 11.7. The van der Waals surface area contributed by atoms with E-state index in [9.17, 15) is 9.65 Å². The molecule has 2 saturated heterocycles. The van der Waals surface area contributed by atoms with Gasteiger partial charge in [0.05, 0.1) is 23.6 Å². The molecule has 0 amide bonds. The van der Waals surface area contributed by atoms with Gasteiger partial charge in [0.25, 0.3) is 0 Å². The SMILES string of the molecule is CN1C(C)(C)CC(Nc2nc(Nc3ccccc3N3CCSCC3C#N)ncc2F)CC1(C)C. The number of likely N-dealkylation sites (tertiary alicyclic amines) is 1. The summed E-state index contributed by atoms with van der Waals surface area (Å²) in [6.45, 7) is 9.67. The second-order valence-electron chi connectivity index (χ2n) is 10.4. The number of aromatic nitrogens is 2. The summed E-state index contributed by atoms with van der Waals surface area (Å²) < 4.78 is 14.7. The van der Waals surface area contributed by atoms with E-state index in [0.717, 1.165) is 42.3 Å². The van der Waals surface area contributed by atoms with Crippen LogP contribution in [0, 0.1) is 17.1 Å². The highest BCUT2D eigenvalue weighted by Gasteiger charge is 2.43. The predicted molar refractivity (Wildman–Crippen MR) is 138 cm³/mol. The third-order valence-electron chi connectivity index (χ3n) is 7.13. The van der Waals surface area contributed by atoms with Crippen molar-refractivity contribution in [1.29, 1.82) is 5.26 Å². The van der Waals surface area contributed by atoms with Crippen LogP contribution in [0.2, 0.25) is 0 Å². The summed E-state index contributed by atoms with van der Waals surface area (Å²) in [6, 6.07) is 10.1. The Morgan fingerprint density at radius 1 is 1.18 bits per heavy atom. The van der Waals surface area contributed by atoms with Gasteiger partial charge in [0.15, 0.2) is 11.6 Å². The average molecular weight is 484 g/mol. The van der Waals surface area contributed by atoms with Crippen molar-refractivity contribution in [2.75, 3.05) is 40.6 Å². The minimum absolute atomic E-state index is 0.0209. The number of benzene rings is 1. The molecule has 2 fully saturated rings. The van der Waals surface area contributed by atoms with Crippen molar-refractivity contribution in [3.05, 3.63) is 36.3 Å². The fourth-order valence-corrected chi connectivity index (χ4v) is 6.11. The Morgan fingerprint density at radius 3 is 2.59 bits per heavy atom. The van der Waals surface area contributed by atoms with Crippen LogP contribution in [0.15, 0.2) is 30.5 Å². The molecule has 0 radical (unpaired) electrons. The molecule has 34 heavy (non-hydrogen) atoms. The van der Waals surface area contributed by atoms with E-state index in [-0.39, 0.29) is 29.0 Å². The number of piperidine rings is 1. The highest BCUT2D eigenvalue weighted by atomic mass is 32.2. The molecular weight excluding hydrogens is 449 g/mol. The molecule has 1 unspecified atom stereocenters. The quantitative estimate of drug-likeness (QED) is 0.624. The number of hydrogen-bond acceptors (Lipinski definition) is 8. The molecule has 1 aromatic carbocycles. The van der Waals surface area contributed by atoms with Crippen LogP contribution in [0.4, 0.5) is 27.5 Å². The van der Waals surface area contributed by atoms with E-state index in [0.29, 0.717) is 5.95 Å². The van der Waals surface area contributed by atoms with Crippen molar-refractivity contribution in [2.45, 2.75) is 63.7 Å². The maximum Gasteiger partial charge on any atom is 0.229 e. The van der Waals surface area contributed by atoms with Crippen LogP contribution in [0.3, 0.4) is 0 Å². The topological polar surface area (TPSA) is 80.1 Å². The number of nitriles is 1. The molecule has 0 saturated carbocycles. The Balaban J connectivity index is 1.56. The number of nitrogens with zero attached hydrogens (tertiary/aromatic N) is 5. The maximum atomic E-state index is 14.7. The Hall–Kier alpha value is -2.57.